The molecule has 1 aliphatic heterocycles. The Morgan fingerprint density at radius 3 is 2.44 bits per heavy atom. The van der Waals surface area contributed by atoms with Gasteiger partial charge in [0.05, 0.1) is 5.69 Å². The number of benzene rings is 1. The van der Waals surface area contributed by atoms with E-state index in [0.717, 1.165) is 6.07 Å². The summed E-state index contributed by atoms with van der Waals surface area (Å²) in [6.45, 7) is 0.176. The fraction of sp³-hybridized carbons (Fsp3) is 0.417. The van der Waals surface area contributed by atoms with Gasteiger partial charge in [0, 0.05) is 31.6 Å². The number of halogens is 3. The highest BCUT2D eigenvalue weighted by atomic mass is 19.3. The molecule has 0 bridgehead atoms. The lowest BCUT2D eigenvalue weighted by atomic mass is 10.0. The van der Waals surface area contributed by atoms with E-state index < -0.39 is 11.7 Å². The maximum Gasteiger partial charge on any atom is 0.251 e. The first-order chi connectivity index (χ1) is 8.43. The van der Waals surface area contributed by atoms with Crippen LogP contribution in [0.15, 0.2) is 12.1 Å². The zero-order chi connectivity index (χ0) is 13.3. The van der Waals surface area contributed by atoms with Crippen molar-refractivity contribution in [3.8, 4) is 6.07 Å². The van der Waals surface area contributed by atoms with Crippen LogP contribution in [0.4, 0.5) is 24.5 Å². The second-order valence-electron chi connectivity index (χ2n) is 4.35. The molecule has 3 nitrogen and oxygen atoms in total. The molecule has 0 atom stereocenters. The quantitative estimate of drug-likeness (QED) is 0.784. The maximum absolute atomic E-state index is 13.5. The van der Waals surface area contributed by atoms with E-state index in [9.17, 15) is 13.2 Å². The molecular formula is C12H12F3N3. The molecule has 2 rings (SSSR count). The summed E-state index contributed by atoms with van der Waals surface area (Å²) in [7, 11) is 0. The third-order valence-electron chi connectivity index (χ3n) is 3.04. The molecular weight excluding hydrogens is 243 g/mol. The van der Waals surface area contributed by atoms with Crippen molar-refractivity contribution < 1.29 is 13.2 Å². The van der Waals surface area contributed by atoms with Gasteiger partial charge in [-0.2, -0.15) is 5.26 Å². The first-order valence-corrected chi connectivity index (χ1v) is 5.55. The summed E-state index contributed by atoms with van der Waals surface area (Å²) in [6.07, 6.45) is -0.595. The van der Waals surface area contributed by atoms with Crippen molar-refractivity contribution in [2.24, 2.45) is 0 Å². The first kappa shape index (κ1) is 12.6. The highest BCUT2D eigenvalue weighted by Crippen LogP contribution is 2.33. The normalized spacial score (nSPS) is 18.4. The van der Waals surface area contributed by atoms with Crippen LogP contribution in [0, 0.1) is 17.1 Å². The Morgan fingerprint density at radius 1 is 1.28 bits per heavy atom. The van der Waals surface area contributed by atoms with Gasteiger partial charge in [0.1, 0.15) is 17.4 Å². The van der Waals surface area contributed by atoms with E-state index in [2.05, 4.69) is 0 Å². The Kier molecular flexibility index (Phi) is 3.07. The Balaban J connectivity index is 2.32. The molecule has 0 aliphatic carbocycles. The summed E-state index contributed by atoms with van der Waals surface area (Å²) < 4.78 is 39.6. The zero-order valence-electron chi connectivity index (χ0n) is 9.59. The van der Waals surface area contributed by atoms with Gasteiger partial charge in [-0.05, 0) is 12.1 Å². The van der Waals surface area contributed by atoms with Crippen molar-refractivity contribution in [3.63, 3.8) is 0 Å². The van der Waals surface area contributed by atoms with Crippen LogP contribution in [0.3, 0.4) is 0 Å². The third kappa shape index (κ3) is 2.35. The Morgan fingerprint density at radius 2 is 1.89 bits per heavy atom. The maximum atomic E-state index is 13.5. The summed E-state index contributed by atoms with van der Waals surface area (Å²) in [5, 5.41) is 8.92. The average Bonchev–Trinajstić information content (AvgIpc) is 2.28. The molecule has 1 heterocycles. The molecule has 0 radical (unpaired) electrons. The highest BCUT2D eigenvalue weighted by molar-refractivity contribution is 5.66. The molecule has 0 unspecified atom stereocenters. The number of anilines is 2. The molecule has 1 aromatic carbocycles. The highest BCUT2D eigenvalue weighted by Gasteiger charge is 2.34. The molecule has 1 saturated heterocycles. The second-order valence-corrected chi connectivity index (χ2v) is 4.35. The van der Waals surface area contributed by atoms with Crippen molar-refractivity contribution in [2.75, 3.05) is 23.7 Å². The van der Waals surface area contributed by atoms with Gasteiger partial charge >= 0.3 is 0 Å². The fourth-order valence-corrected chi connectivity index (χ4v) is 2.05. The van der Waals surface area contributed by atoms with Crippen molar-refractivity contribution in [3.05, 3.63) is 23.5 Å². The van der Waals surface area contributed by atoms with Crippen LogP contribution < -0.4 is 10.6 Å². The molecule has 18 heavy (non-hydrogen) atoms. The van der Waals surface area contributed by atoms with Gasteiger partial charge in [0.25, 0.3) is 5.92 Å². The number of hydrogen-bond donors (Lipinski definition) is 1. The topological polar surface area (TPSA) is 53.1 Å². The molecule has 0 aromatic heterocycles. The van der Waals surface area contributed by atoms with Crippen LogP contribution in [0.1, 0.15) is 18.4 Å². The molecule has 6 heteroatoms. The SMILES string of the molecule is N#Cc1c(F)cc(N)cc1N1CCC(F)(F)CC1. The lowest BCUT2D eigenvalue weighted by Gasteiger charge is -2.34. The van der Waals surface area contributed by atoms with E-state index in [1.54, 1.807) is 11.0 Å². The van der Waals surface area contributed by atoms with E-state index in [4.69, 9.17) is 11.0 Å². The smallest absolute Gasteiger partial charge is 0.251 e. The van der Waals surface area contributed by atoms with Gasteiger partial charge in [-0.15, -0.1) is 0 Å². The second kappa shape index (κ2) is 4.41. The van der Waals surface area contributed by atoms with E-state index >= 15 is 0 Å². The lowest BCUT2D eigenvalue weighted by molar-refractivity contribution is -0.0220. The summed E-state index contributed by atoms with van der Waals surface area (Å²) in [6, 6.07) is 4.26. The fourth-order valence-electron chi connectivity index (χ4n) is 2.05. The summed E-state index contributed by atoms with van der Waals surface area (Å²) >= 11 is 0. The number of nitrogen functional groups attached to an aromatic ring is 1. The number of nitrogens with zero attached hydrogens (tertiary/aromatic N) is 2. The number of nitriles is 1. The average molecular weight is 255 g/mol. The molecule has 0 saturated carbocycles. The molecule has 0 amide bonds. The van der Waals surface area contributed by atoms with E-state index in [0.29, 0.717) is 5.69 Å². The Bertz CT molecular complexity index is 498. The van der Waals surface area contributed by atoms with Crippen molar-refractivity contribution in [1.29, 1.82) is 5.26 Å². The van der Waals surface area contributed by atoms with Gasteiger partial charge in [-0.25, -0.2) is 13.2 Å². The summed E-state index contributed by atoms with van der Waals surface area (Å²) in [5.74, 6) is -3.40. The van der Waals surface area contributed by atoms with Crippen LogP contribution in [-0.2, 0) is 0 Å². The number of hydrogen-bond acceptors (Lipinski definition) is 3. The number of rotatable bonds is 1. The van der Waals surface area contributed by atoms with Crippen LogP contribution in [0.5, 0.6) is 0 Å². The van der Waals surface area contributed by atoms with Gasteiger partial charge in [-0.3, -0.25) is 0 Å². The minimum Gasteiger partial charge on any atom is -0.399 e. The Hall–Kier alpha value is -1.90. The van der Waals surface area contributed by atoms with Crippen molar-refractivity contribution in [1.82, 2.24) is 0 Å². The predicted molar refractivity (Wildman–Crippen MR) is 61.9 cm³/mol. The van der Waals surface area contributed by atoms with Gasteiger partial charge < -0.3 is 10.6 Å². The number of alkyl halides is 2. The van der Waals surface area contributed by atoms with Crippen LogP contribution in [0.25, 0.3) is 0 Å². The van der Waals surface area contributed by atoms with Crippen molar-refractivity contribution in [2.45, 2.75) is 18.8 Å². The van der Waals surface area contributed by atoms with Crippen LogP contribution in [0.2, 0.25) is 0 Å². The summed E-state index contributed by atoms with van der Waals surface area (Å²) in [5.41, 5.74) is 5.85. The molecule has 1 aromatic rings. The molecule has 1 fully saturated rings. The lowest BCUT2D eigenvalue weighted by Crippen LogP contribution is -2.39. The molecule has 0 spiro atoms. The monoisotopic (exact) mass is 255 g/mol. The van der Waals surface area contributed by atoms with E-state index in [-0.39, 0.29) is 37.2 Å². The molecule has 2 N–H and O–H groups in total. The van der Waals surface area contributed by atoms with Crippen LogP contribution >= 0.6 is 0 Å². The Labute approximate surface area is 103 Å². The predicted octanol–water partition coefficient (Wildman–Crippen LogP) is 2.52. The van der Waals surface area contributed by atoms with Crippen LogP contribution in [-0.4, -0.2) is 19.0 Å². The number of nitrogens with two attached hydrogens (primary N) is 1. The first-order valence-electron chi connectivity index (χ1n) is 5.55. The number of piperidine rings is 1. The van der Waals surface area contributed by atoms with Gasteiger partial charge in [0.2, 0.25) is 0 Å². The standard InChI is InChI=1S/C12H12F3N3/c13-10-5-8(17)6-11(9(10)7-16)18-3-1-12(14,15)2-4-18/h5-6H,1-4,17H2. The minimum absolute atomic E-state index is 0.0879. The minimum atomic E-state index is -2.68. The van der Waals surface area contributed by atoms with Gasteiger partial charge in [-0.1, -0.05) is 0 Å². The molecule has 96 valence electrons. The van der Waals surface area contributed by atoms with E-state index in [1.165, 1.54) is 6.07 Å². The van der Waals surface area contributed by atoms with E-state index in [1.807, 2.05) is 0 Å². The summed E-state index contributed by atoms with van der Waals surface area (Å²) in [4.78, 5) is 1.58. The zero-order valence-corrected chi connectivity index (χ0v) is 9.59. The van der Waals surface area contributed by atoms with Crippen molar-refractivity contribution >= 4 is 11.4 Å². The third-order valence-corrected chi connectivity index (χ3v) is 3.04. The van der Waals surface area contributed by atoms with Gasteiger partial charge in [0.15, 0.2) is 0 Å². The largest absolute Gasteiger partial charge is 0.399 e. The molecule has 1 aliphatic rings.